The third-order valence-corrected chi connectivity index (χ3v) is 10.7. The number of methoxy groups -OCH3 is 1. The van der Waals surface area contributed by atoms with E-state index < -0.39 is 40.6 Å². The maximum atomic E-state index is 15.3. The molecule has 13 heteroatoms. The topological polar surface area (TPSA) is 148 Å². The Labute approximate surface area is 266 Å². The lowest BCUT2D eigenvalue weighted by Gasteiger charge is -2.49. The normalized spacial score (nSPS) is 34.0. The summed E-state index contributed by atoms with van der Waals surface area (Å²) >= 11 is 0. The van der Waals surface area contributed by atoms with Gasteiger partial charge in [-0.15, -0.1) is 0 Å². The van der Waals surface area contributed by atoms with Crippen molar-refractivity contribution < 1.29 is 33.0 Å². The Morgan fingerprint density at radius 2 is 1.87 bits per heavy atom. The number of carboxylic acids is 1. The molecule has 11 nitrogen and oxygen atoms in total. The Bertz CT molecular complexity index is 1640. The molecule has 46 heavy (non-hydrogen) atoms. The summed E-state index contributed by atoms with van der Waals surface area (Å²) in [6.07, 6.45) is 1.80. The molecule has 5 fully saturated rings. The van der Waals surface area contributed by atoms with E-state index in [0.29, 0.717) is 30.8 Å². The van der Waals surface area contributed by atoms with Gasteiger partial charge >= 0.3 is 12.1 Å². The van der Waals surface area contributed by atoms with Gasteiger partial charge in [-0.25, -0.2) is 18.4 Å². The van der Waals surface area contributed by atoms with E-state index in [0.717, 1.165) is 38.2 Å². The molecule has 5 aliphatic rings. The smallest absolute Gasteiger partial charge is 0.408 e. The molecule has 252 valence electrons. The first-order valence-electron chi connectivity index (χ1n) is 16.1. The Morgan fingerprint density at radius 3 is 2.41 bits per heavy atom. The third kappa shape index (κ3) is 5.38. The van der Waals surface area contributed by atoms with Crippen LogP contribution in [0.2, 0.25) is 0 Å². The van der Waals surface area contributed by atoms with E-state index in [1.807, 2.05) is 25.7 Å². The van der Waals surface area contributed by atoms with Crippen LogP contribution >= 0.6 is 0 Å². The van der Waals surface area contributed by atoms with Crippen LogP contribution in [0.5, 0.6) is 5.75 Å². The van der Waals surface area contributed by atoms with Crippen LogP contribution in [0.3, 0.4) is 0 Å². The summed E-state index contributed by atoms with van der Waals surface area (Å²) in [7, 11) is 1.36. The van der Waals surface area contributed by atoms with Gasteiger partial charge in [0.1, 0.15) is 23.0 Å². The number of nitrogens with one attached hydrogen (secondary N) is 2. The number of ether oxygens (including phenoxy) is 2. The van der Waals surface area contributed by atoms with Gasteiger partial charge in [0, 0.05) is 44.3 Å². The largest absolute Gasteiger partial charge is 0.492 e. The van der Waals surface area contributed by atoms with Gasteiger partial charge in [-0.1, -0.05) is 13.8 Å². The molecule has 0 unspecified atom stereocenters. The second kappa shape index (κ2) is 11.1. The number of aromatic carboxylic acids is 1. The number of carboxylic acid groups (broad SMARTS) is 1. The number of rotatable bonds is 5. The SMILES string of the molecule is COc1c(N2C[C@@H]3[C@@H](C)C[C@]3(N)C2)c(F)cc2c(=O)c(C(=O)O)cn([C@@H]3C[C@@H]3F)c12.C[C@H]1C[C@]2(NC(=O)OC(C)(C)C)CNC[C@H]12. The summed E-state index contributed by atoms with van der Waals surface area (Å²) in [5.41, 5.74) is 4.70. The molecular formula is C33H45F2N5O6. The zero-order chi connectivity index (χ0) is 33.5. The van der Waals surface area contributed by atoms with E-state index in [4.69, 9.17) is 15.2 Å². The number of hydrogen-bond donors (Lipinski definition) is 4. The molecule has 7 rings (SSSR count). The van der Waals surface area contributed by atoms with Gasteiger partial charge in [0.2, 0.25) is 5.43 Å². The lowest BCUT2D eigenvalue weighted by molar-refractivity contribution is 0.0176. The number of fused-ring (bicyclic) bond motifs is 3. The first-order valence-corrected chi connectivity index (χ1v) is 16.1. The van der Waals surface area contributed by atoms with Crippen molar-refractivity contribution in [3.8, 4) is 5.75 Å². The number of carbonyl (C=O) groups is 2. The van der Waals surface area contributed by atoms with Crippen molar-refractivity contribution in [2.45, 2.75) is 82.8 Å². The lowest BCUT2D eigenvalue weighted by atomic mass is 9.62. The minimum atomic E-state index is -1.44. The number of nitrogens with zero attached hydrogens (tertiary/aromatic N) is 2. The Balaban J connectivity index is 0.000000196. The van der Waals surface area contributed by atoms with Gasteiger partial charge < -0.3 is 40.4 Å². The fourth-order valence-corrected chi connectivity index (χ4v) is 8.45. The molecule has 3 aliphatic carbocycles. The van der Waals surface area contributed by atoms with Gasteiger partial charge in [0.15, 0.2) is 11.6 Å². The lowest BCUT2D eigenvalue weighted by Crippen LogP contribution is -2.64. The Morgan fingerprint density at radius 1 is 1.20 bits per heavy atom. The van der Waals surface area contributed by atoms with Crippen molar-refractivity contribution in [3.05, 3.63) is 33.9 Å². The fraction of sp³-hybridized carbons (Fsp3) is 0.667. The van der Waals surface area contributed by atoms with Crippen molar-refractivity contribution in [3.63, 3.8) is 0 Å². The van der Waals surface area contributed by atoms with Gasteiger partial charge in [-0.2, -0.15) is 0 Å². The van der Waals surface area contributed by atoms with Crippen LogP contribution in [0.25, 0.3) is 10.9 Å². The van der Waals surface area contributed by atoms with Crippen molar-refractivity contribution in [2.75, 3.05) is 38.2 Å². The van der Waals surface area contributed by atoms with Crippen molar-refractivity contribution >= 4 is 28.7 Å². The number of alkyl halides is 1. The number of benzene rings is 1. The molecule has 0 spiro atoms. The summed E-state index contributed by atoms with van der Waals surface area (Å²) < 4.78 is 41.6. The Hall–Kier alpha value is -3.45. The minimum Gasteiger partial charge on any atom is -0.492 e. The minimum absolute atomic E-state index is 0.0399. The zero-order valence-corrected chi connectivity index (χ0v) is 27.3. The van der Waals surface area contributed by atoms with E-state index >= 15 is 4.39 Å². The third-order valence-electron chi connectivity index (χ3n) is 10.7. The summed E-state index contributed by atoms with van der Waals surface area (Å²) in [5, 5.41) is 15.7. The highest BCUT2D eigenvalue weighted by Crippen LogP contribution is 2.51. The summed E-state index contributed by atoms with van der Waals surface area (Å²) in [4.78, 5) is 37.9. The maximum Gasteiger partial charge on any atom is 0.408 e. The highest BCUT2D eigenvalue weighted by molar-refractivity contribution is 5.97. The number of hydrogen-bond acceptors (Lipinski definition) is 8. The van der Waals surface area contributed by atoms with E-state index in [1.54, 1.807) is 0 Å². The molecule has 0 bridgehead atoms. The fourth-order valence-electron chi connectivity index (χ4n) is 8.45. The highest BCUT2D eigenvalue weighted by Gasteiger charge is 2.56. The molecule has 2 aliphatic heterocycles. The molecule has 8 atom stereocenters. The number of pyridine rings is 1. The van der Waals surface area contributed by atoms with Gasteiger partial charge in [0.05, 0.1) is 29.6 Å². The maximum absolute atomic E-state index is 15.3. The summed E-state index contributed by atoms with van der Waals surface area (Å²) in [5.74, 6) is -0.0845. The van der Waals surface area contributed by atoms with Crippen molar-refractivity contribution in [1.29, 1.82) is 0 Å². The second-order valence-corrected chi connectivity index (χ2v) is 15.1. The second-order valence-electron chi connectivity index (χ2n) is 15.1. The number of nitrogens with two attached hydrogens (primary N) is 1. The highest BCUT2D eigenvalue weighted by atomic mass is 19.1. The Kier molecular flexibility index (Phi) is 7.82. The van der Waals surface area contributed by atoms with Crippen LogP contribution in [0.1, 0.15) is 70.3 Å². The van der Waals surface area contributed by atoms with Crippen LogP contribution in [-0.2, 0) is 4.74 Å². The van der Waals surface area contributed by atoms with Crippen molar-refractivity contribution in [2.24, 2.45) is 29.4 Å². The zero-order valence-electron chi connectivity index (χ0n) is 27.3. The molecule has 2 aromatic rings. The molecule has 2 saturated heterocycles. The van der Waals surface area contributed by atoms with E-state index in [9.17, 15) is 23.9 Å². The number of alkyl carbamates (subject to hydrolysis) is 1. The number of aromatic nitrogens is 1. The van der Waals surface area contributed by atoms with Gasteiger partial charge in [0.25, 0.3) is 0 Å². The quantitative estimate of drug-likeness (QED) is 0.381. The molecular weight excluding hydrogens is 600 g/mol. The monoisotopic (exact) mass is 645 g/mol. The average Bonchev–Trinajstić information content (AvgIpc) is 3.48. The molecule has 3 heterocycles. The van der Waals surface area contributed by atoms with Crippen LogP contribution in [0, 0.1) is 29.5 Å². The van der Waals surface area contributed by atoms with Crippen LogP contribution in [0.4, 0.5) is 19.3 Å². The number of carbonyl (C=O) groups excluding carboxylic acids is 1. The number of anilines is 1. The molecule has 1 aromatic carbocycles. The van der Waals surface area contributed by atoms with E-state index in [1.165, 1.54) is 11.7 Å². The molecule has 3 saturated carbocycles. The van der Waals surface area contributed by atoms with Gasteiger partial charge in [-0.05, 0) is 63.4 Å². The first-order chi connectivity index (χ1) is 21.5. The van der Waals surface area contributed by atoms with Crippen LogP contribution in [-0.4, -0.2) is 77.9 Å². The first kappa shape index (κ1) is 32.5. The van der Waals surface area contributed by atoms with Crippen LogP contribution in [0.15, 0.2) is 17.1 Å². The average molecular weight is 646 g/mol. The van der Waals surface area contributed by atoms with Crippen LogP contribution < -0.4 is 31.4 Å². The molecule has 0 radical (unpaired) electrons. The van der Waals surface area contributed by atoms with Gasteiger partial charge in [-0.3, -0.25) is 4.79 Å². The number of amides is 1. The van der Waals surface area contributed by atoms with Crippen molar-refractivity contribution in [1.82, 2.24) is 15.2 Å². The predicted molar refractivity (Wildman–Crippen MR) is 169 cm³/mol. The predicted octanol–water partition coefficient (Wildman–Crippen LogP) is 3.81. The standard InChI is InChI=1S/C21H23F2N3O4.C12H22N2O2/c1-9-5-21(24)8-25(7-12(9)21)17-14(23)3-10-16(19(17)30-2)26(15-4-13(15)22)6-11(18(10)27)20(28)29;1-8-5-12(7-13-6-9(8)12)14-10(15)16-11(2,3)4/h3,6,9,12-13,15H,4-5,7-8,24H2,1-2H3,(H,28,29);8-9,13H,5-7H2,1-4H3,(H,14,15)/t9-,12+,13-,15+,21-;8-,9+,12-/m00/s1. The summed E-state index contributed by atoms with van der Waals surface area (Å²) in [6.45, 7) is 12.9. The molecule has 1 aromatic heterocycles. The van der Waals surface area contributed by atoms with E-state index in [-0.39, 0.29) is 51.8 Å². The summed E-state index contributed by atoms with van der Waals surface area (Å²) in [6, 6.07) is 0.426. The van der Waals surface area contributed by atoms with E-state index in [2.05, 4.69) is 24.5 Å². The molecule has 1 amide bonds. The molecule has 5 N–H and O–H groups in total. The number of halogens is 2.